The van der Waals surface area contributed by atoms with Gasteiger partial charge < -0.3 is 11.1 Å². The van der Waals surface area contributed by atoms with E-state index in [2.05, 4.69) is 27.3 Å². The van der Waals surface area contributed by atoms with Crippen molar-refractivity contribution in [3.63, 3.8) is 0 Å². The van der Waals surface area contributed by atoms with Crippen molar-refractivity contribution in [3.05, 3.63) is 79.4 Å². The van der Waals surface area contributed by atoms with Crippen LogP contribution in [0.3, 0.4) is 0 Å². The average molecular weight is 556 g/mol. The number of Topliss-reactive ketones (excluding diaryl/α,β-unsaturated/α-hetero) is 1. The highest BCUT2D eigenvalue weighted by Crippen LogP contribution is 2.58. The van der Waals surface area contributed by atoms with Crippen molar-refractivity contribution in [2.75, 3.05) is 10.2 Å². The minimum absolute atomic E-state index is 0.0893. The average Bonchev–Trinajstić information content (AvgIpc) is 3.04. The van der Waals surface area contributed by atoms with Crippen LogP contribution in [0.25, 0.3) is 0 Å². The van der Waals surface area contributed by atoms with Crippen molar-refractivity contribution >= 4 is 50.6 Å². The number of fused-ring (bicyclic) bond motifs is 3. The lowest BCUT2D eigenvalue weighted by Crippen LogP contribution is -2.52. The molecular weight excluding hydrogens is 535 g/mol. The van der Waals surface area contributed by atoms with E-state index in [1.54, 1.807) is 25.1 Å². The molecule has 3 aliphatic rings. The zero-order valence-corrected chi connectivity index (χ0v) is 21.6. The lowest BCUT2D eigenvalue weighted by molar-refractivity contribution is -0.123. The Hall–Kier alpha value is -3.15. The molecule has 35 heavy (non-hydrogen) atoms. The fraction of sp³-hybridized carbons (Fsp3) is 0.269. The van der Waals surface area contributed by atoms with Gasteiger partial charge in [-0.3, -0.25) is 14.5 Å². The molecule has 0 fully saturated rings. The smallest absolute Gasteiger partial charge is 0.245 e. The van der Waals surface area contributed by atoms with Crippen LogP contribution in [0.2, 0.25) is 5.02 Å². The summed E-state index contributed by atoms with van der Waals surface area (Å²) in [6.07, 6.45) is 0.512. The Labute approximate surface area is 215 Å². The van der Waals surface area contributed by atoms with E-state index in [0.717, 1.165) is 0 Å². The van der Waals surface area contributed by atoms with E-state index >= 15 is 4.39 Å². The molecule has 1 spiro atoms. The predicted molar refractivity (Wildman–Crippen MR) is 135 cm³/mol. The summed E-state index contributed by atoms with van der Waals surface area (Å²) in [5.41, 5.74) is 6.46. The first-order valence-electron chi connectivity index (χ1n) is 11.0. The van der Waals surface area contributed by atoms with Gasteiger partial charge in [0.25, 0.3) is 0 Å². The molecule has 0 radical (unpaired) electrons. The highest BCUT2D eigenvalue weighted by molar-refractivity contribution is 9.10. The van der Waals surface area contributed by atoms with Crippen molar-refractivity contribution in [3.8, 4) is 6.07 Å². The summed E-state index contributed by atoms with van der Waals surface area (Å²) in [7, 11) is 0. The van der Waals surface area contributed by atoms with Crippen LogP contribution in [0.1, 0.15) is 37.8 Å². The van der Waals surface area contributed by atoms with Gasteiger partial charge in [-0.2, -0.15) is 5.26 Å². The first-order chi connectivity index (χ1) is 16.4. The zero-order chi connectivity index (χ0) is 25.4. The second-order valence-electron chi connectivity index (χ2n) is 9.86. The number of hydrogen-bond acceptors (Lipinski definition) is 5. The number of hydrogen-bond donors (Lipinski definition) is 2. The van der Waals surface area contributed by atoms with Crippen molar-refractivity contribution in [2.24, 2.45) is 11.1 Å². The minimum Gasteiger partial charge on any atom is -0.384 e. The normalized spacial score (nSPS) is 22.8. The molecular formula is C26H21BrClFN4O2. The summed E-state index contributed by atoms with van der Waals surface area (Å²) in [5, 5.41) is 13.6. The third-order valence-electron chi connectivity index (χ3n) is 7.01. The van der Waals surface area contributed by atoms with E-state index in [-0.39, 0.29) is 34.9 Å². The highest BCUT2D eigenvalue weighted by Gasteiger charge is 2.61. The fourth-order valence-corrected chi connectivity index (χ4v) is 6.03. The molecule has 2 heterocycles. The monoisotopic (exact) mass is 554 g/mol. The first-order valence-corrected chi connectivity index (χ1v) is 12.1. The van der Waals surface area contributed by atoms with Crippen LogP contribution < -0.4 is 16.0 Å². The number of ketones is 1. The number of carbonyl (C=O) groups excluding carboxylic acids is 2. The molecule has 9 heteroatoms. The summed E-state index contributed by atoms with van der Waals surface area (Å²) >= 11 is 9.58. The quantitative estimate of drug-likeness (QED) is 0.477. The third kappa shape index (κ3) is 3.11. The van der Waals surface area contributed by atoms with Gasteiger partial charge >= 0.3 is 0 Å². The molecule has 0 saturated carbocycles. The van der Waals surface area contributed by atoms with Crippen LogP contribution in [-0.2, 0) is 15.0 Å². The molecule has 0 aromatic heterocycles. The van der Waals surface area contributed by atoms with Gasteiger partial charge in [-0.25, -0.2) is 4.39 Å². The summed E-state index contributed by atoms with van der Waals surface area (Å²) in [6, 6.07) is 9.87. The van der Waals surface area contributed by atoms with Gasteiger partial charge in [0.05, 0.1) is 16.9 Å². The maximum atomic E-state index is 15.2. The summed E-state index contributed by atoms with van der Waals surface area (Å²) in [4.78, 5) is 29.1. The SMILES string of the molecule is Cc1c(Cl)ccc2c1NC(=O)C21C(C#N)=C(N)N(c2ccc(Br)cc2F)C2=C1C(=O)CC(C)(C)C2. The van der Waals surface area contributed by atoms with E-state index in [1.807, 2.05) is 13.8 Å². The molecule has 1 unspecified atom stereocenters. The lowest BCUT2D eigenvalue weighted by atomic mass is 9.60. The van der Waals surface area contributed by atoms with Gasteiger partial charge in [-0.15, -0.1) is 0 Å². The predicted octanol–water partition coefficient (Wildman–Crippen LogP) is 5.60. The van der Waals surface area contributed by atoms with Gasteiger partial charge in [0.1, 0.15) is 23.1 Å². The number of anilines is 2. The Morgan fingerprint density at radius 1 is 1.23 bits per heavy atom. The Morgan fingerprint density at radius 2 is 1.94 bits per heavy atom. The number of benzene rings is 2. The Balaban J connectivity index is 1.92. The van der Waals surface area contributed by atoms with Crippen molar-refractivity contribution in [1.29, 1.82) is 5.26 Å². The number of nitrogens with zero attached hydrogens (tertiary/aromatic N) is 2. The number of amides is 1. The number of nitrogens with two attached hydrogens (primary N) is 1. The first kappa shape index (κ1) is 23.6. The van der Waals surface area contributed by atoms with Gasteiger partial charge in [0.2, 0.25) is 5.91 Å². The molecule has 6 nitrogen and oxygen atoms in total. The zero-order valence-electron chi connectivity index (χ0n) is 19.2. The van der Waals surface area contributed by atoms with Crippen LogP contribution in [-0.4, -0.2) is 11.7 Å². The molecule has 0 saturated heterocycles. The second kappa shape index (κ2) is 7.67. The standard InChI is InChI=1S/C26H21BrClFN4O2/c1-12-16(28)6-5-14-22(12)32-24(35)26(14)15(11-30)23(31)33(18-7-4-13(27)8-17(18)29)19-9-25(2,3)10-20(34)21(19)26/h4-8H,9-10,31H2,1-3H3,(H,32,35). The molecule has 3 N–H and O–H groups in total. The second-order valence-corrected chi connectivity index (χ2v) is 11.2. The summed E-state index contributed by atoms with van der Waals surface area (Å²) in [5.74, 6) is -1.51. The van der Waals surface area contributed by atoms with E-state index in [0.29, 0.717) is 38.4 Å². The third-order valence-corrected chi connectivity index (χ3v) is 7.92. The molecule has 2 aromatic rings. The van der Waals surface area contributed by atoms with Crippen LogP contribution in [0.5, 0.6) is 0 Å². The van der Waals surface area contributed by atoms with E-state index in [1.165, 1.54) is 17.0 Å². The number of nitriles is 1. The summed E-state index contributed by atoms with van der Waals surface area (Å²) in [6.45, 7) is 5.63. The maximum absolute atomic E-state index is 15.2. The molecule has 2 aliphatic heterocycles. The number of halogens is 3. The molecule has 178 valence electrons. The molecule has 1 amide bonds. The van der Waals surface area contributed by atoms with Crippen LogP contribution >= 0.6 is 27.5 Å². The van der Waals surface area contributed by atoms with E-state index in [9.17, 15) is 14.9 Å². The number of nitrogens with one attached hydrogen (secondary N) is 1. The number of rotatable bonds is 1. The fourth-order valence-electron chi connectivity index (χ4n) is 5.54. The molecule has 1 aliphatic carbocycles. The van der Waals surface area contributed by atoms with Crippen LogP contribution in [0.4, 0.5) is 15.8 Å². The van der Waals surface area contributed by atoms with Crippen LogP contribution in [0.15, 0.2) is 57.5 Å². The molecule has 1 atom stereocenters. The Morgan fingerprint density at radius 3 is 2.60 bits per heavy atom. The van der Waals surface area contributed by atoms with Gasteiger partial charge in [-0.05, 0) is 48.6 Å². The number of carbonyl (C=O) groups is 2. The minimum atomic E-state index is -1.74. The van der Waals surface area contributed by atoms with Crippen molar-refractivity contribution in [2.45, 2.75) is 39.0 Å². The van der Waals surface area contributed by atoms with Gasteiger partial charge in [-0.1, -0.05) is 47.4 Å². The lowest BCUT2D eigenvalue weighted by Gasteiger charge is -2.46. The molecule has 2 aromatic carbocycles. The Bertz CT molecular complexity index is 1470. The topological polar surface area (TPSA) is 99.2 Å². The Kier molecular flexibility index (Phi) is 5.17. The van der Waals surface area contributed by atoms with E-state index in [4.69, 9.17) is 17.3 Å². The summed E-state index contributed by atoms with van der Waals surface area (Å²) < 4.78 is 15.8. The van der Waals surface area contributed by atoms with Gasteiger partial charge in [0, 0.05) is 32.7 Å². The van der Waals surface area contributed by atoms with E-state index < -0.39 is 22.6 Å². The maximum Gasteiger partial charge on any atom is 0.245 e. The largest absolute Gasteiger partial charge is 0.384 e. The molecule has 5 rings (SSSR count). The van der Waals surface area contributed by atoms with Gasteiger partial charge in [0.15, 0.2) is 5.78 Å². The number of allylic oxidation sites excluding steroid dienone is 1. The van der Waals surface area contributed by atoms with Crippen molar-refractivity contribution < 1.29 is 14.0 Å². The van der Waals surface area contributed by atoms with Crippen molar-refractivity contribution in [1.82, 2.24) is 0 Å². The molecule has 0 bridgehead atoms. The highest BCUT2D eigenvalue weighted by atomic mass is 79.9. The van der Waals surface area contributed by atoms with Crippen LogP contribution in [0, 0.1) is 29.5 Å².